The van der Waals surface area contributed by atoms with E-state index in [0.717, 1.165) is 43.3 Å². The van der Waals surface area contributed by atoms with Gasteiger partial charge in [-0.15, -0.1) is 10.2 Å². The van der Waals surface area contributed by atoms with E-state index in [1.165, 1.54) is 10.8 Å². The van der Waals surface area contributed by atoms with Crippen LogP contribution in [-0.4, -0.2) is 47.2 Å². The van der Waals surface area contributed by atoms with Gasteiger partial charge < -0.3 is 9.80 Å². The fourth-order valence-corrected chi connectivity index (χ4v) is 3.61. The molecule has 2 heterocycles. The summed E-state index contributed by atoms with van der Waals surface area (Å²) in [6, 6.07) is 18.7. The Morgan fingerprint density at radius 2 is 1.57 bits per heavy atom. The minimum atomic E-state index is -0.330. The molecule has 5 heteroatoms. The normalized spacial score (nSPS) is 15.1. The number of rotatable bonds is 2. The summed E-state index contributed by atoms with van der Waals surface area (Å²) in [5.74, 6) is 1.08. The summed E-state index contributed by atoms with van der Waals surface area (Å²) in [7, 11) is 0. The fourth-order valence-electron chi connectivity index (χ4n) is 3.61. The molecule has 1 fully saturated rings. The summed E-state index contributed by atoms with van der Waals surface area (Å²) in [6.07, 6.45) is 0. The number of fused-ring (bicyclic) bond motifs is 1. The van der Waals surface area contributed by atoms with Crippen LogP contribution in [0.15, 0.2) is 54.6 Å². The lowest BCUT2D eigenvalue weighted by molar-refractivity contribution is -0.139. The van der Waals surface area contributed by atoms with Crippen molar-refractivity contribution in [1.82, 2.24) is 15.1 Å². The van der Waals surface area contributed by atoms with Crippen molar-refractivity contribution in [2.75, 3.05) is 31.1 Å². The van der Waals surface area contributed by atoms with Crippen LogP contribution in [0.25, 0.3) is 22.0 Å². The Morgan fingerprint density at radius 1 is 0.857 bits per heavy atom. The Hall–Kier alpha value is -2.95. The third-order valence-corrected chi connectivity index (χ3v) is 5.23. The average molecular weight is 374 g/mol. The third-order valence-electron chi connectivity index (χ3n) is 5.23. The molecule has 0 aliphatic carbocycles. The Morgan fingerprint density at radius 3 is 2.21 bits per heavy atom. The van der Waals surface area contributed by atoms with Crippen LogP contribution in [0.2, 0.25) is 0 Å². The summed E-state index contributed by atoms with van der Waals surface area (Å²) in [4.78, 5) is 16.6. The van der Waals surface area contributed by atoms with E-state index in [2.05, 4.69) is 45.4 Å². The molecule has 1 aromatic heterocycles. The first-order valence-corrected chi connectivity index (χ1v) is 9.79. The van der Waals surface area contributed by atoms with E-state index in [9.17, 15) is 4.79 Å². The van der Waals surface area contributed by atoms with E-state index >= 15 is 0 Å². The Balaban J connectivity index is 1.46. The van der Waals surface area contributed by atoms with Crippen molar-refractivity contribution in [2.24, 2.45) is 5.41 Å². The second kappa shape index (κ2) is 7.23. The molecule has 0 bridgehead atoms. The molecule has 28 heavy (non-hydrogen) atoms. The van der Waals surface area contributed by atoms with Crippen LogP contribution in [-0.2, 0) is 4.79 Å². The number of anilines is 1. The number of benzene rings is 2. The molecule has 5 nitrogen and oxygen atoms in total. The lowest BCUT2D eigenvalue weighted by Gasteiger charge is -2.38. The zero-order valence-electron chi connectivity index (χ0n) is 16.7. The SMILES string of the molecule is CC(C)(C)C(=O)N1CCN(c2ccc(-c3ccc4ccccc4c3)nn2)CC1. The molecule has 0 saturated carbocycles. The average Bonchev–Trinajstić information content (AvgIpc) is 2.72. The smallest absolute Gasteiger partial charge is 0.228 e. The number of carbonyl (C=O) groups is 1. The van der Waals surface area contributed by atoms with E-state index in [-0.39, 0.29) is 11.3 Å². The van der Waals surface area contributed by atoms with Crippen molar-refractivity contribution in [3.63, 3.8) is 0 Å². The predicted octanol–water partition coefficient (Wildman–Crippen LogP) is 3.99. The molecule has 0 spiro atoms. The van der Waals surface area contributed by atoms with E-state index in [1.807, 2.05) is 49.9 Å². The molecule has 1 aliphatic heterocycles. The summed E-state index contributed by atoms with van der Waals surface area (Å²) >= 11 is 0. The molecule has 0 atom stereocenters. The second-order valence-electron chi connectivity index (χ2n) is 8.37. The number of nitrogens with zero attached hydrogens (tertiary/aromatic N) is 4. The highest BCUT2D eigenvalue weighted by Gasteiger charge is 2.30. The number of amides is 1. The molecule has 1 saturated heterocycles. The molecular weight excluding hydrogens is 348 g/mol. The first kappa shape index (κ1) is 18.4. The number of aromatic nitrogens is 2. The van der Waals surface area contributed by atoms with Crippen molar-refractivity contribution in [1.29, 1.82) is 0 Å². The van der Waals surface area contributed by atoms with Crippen LogP contribution in [0.4, 0.5) is 5.82 Å². The lowest BCUT2D eigenvalue weighted by atomic mass is 9.94. The molecule has 0 unspecified atom stereocenters. The summed E-state index contributed by atoms with van der Waals surface area (Å²) in [6.45, 7) is 8.93. The van der Waals surface area contributed by atoms with Gasteiger partial charge >= 0.3 is 0 Å². The molecule has 3 aromatic rings. The van der Waals surface area contributed by atoms with Crippen molar-refractivity contribution < 1.29 is 4.79 Å². The van der Waals surface area contributed by atoms with Crippen molar-refractivity contribution >= 4 is 22.5 Å². The van der Waals surface area contributed by atoms with Gasteiger partial charge in [0.15, 0.2) is 5.82 Å². The minimum absolute atomic E-state index is 0.213. The van der Waals surface area contributed by atoms with Gasteiger partial charge in [0.1, 0.15) is 0 Å². The Labute approximate surface area is 166 Å². The summed E-state index contributed by atoms with van der Waals surface area (Å²) in [5.41, 5.74) is 1.61. The molecule has 4 rings (SSSR count). The highest BCUT2D eigenvalue weighted by Crippen LogP contribution is 2.24. The minimum Gasteiger partial charge on any atom is -0.352 e. The van der Waals surface area contributed by atoms with Gasteiger partial charge in [-0.3, -0.25) is 4.79 Å². The number of hydrogen-bond acceptors (Lipinski definition) is 4. The Bertz CT molecular complexity index is 983. The quantitative estimate of drug-likeness (QED) is 0.680. The number of piperazine rings is 1. The largest absolute Gasteiger partial charge is 0.352 e. The first-order valence-electron chi connectivity index (χ1n) is 9.79. The zero-order chi connectivity index (χ0) is 19.7. The topological polar surface area (TPSA) is 49.3 Å². The van der Waals surface area contributed by atoms with Crippen molar-refractivity contribution in [3.05, 3.63) is 54.6 Å². The molecule has 1 amide bonds. The first-order chi connectivity index (χ1) is 13.4. The maximum Gasteiger partial charge on any atom is 0.228 e. The van der Waals surface area contributed by atoms with E-state index in [0.29, 0.717) is 0 Å². The zero-order valence-corrected chi connectivity index (χ0v) is 16.7. The summed E-state index contributed by atoms with van der Waals surface area (Å²) < 4.78 is 0. The highest BCUT2D eigenvalue weighted by atomic mass is 16.2. The molecule has 1 aliphatic rings. The standard InChI is InChI=1S/C23H26N4O/c1-23(2,3)22(28)27-14-12-26(13-15-27)21-11-10-20(24-25-21)19-9-8-17-6-4-5-7-18(17)16-19/h4-11,16H,12-15H2,1-3H3. The second-order valence-corrected chi connectivity index (χ2v) is 8.37. The van der Waals surface area contributed by atoms with Gasteiger partial charge in [0.05, 0.1) is 5.69 Å². The molecule has 2 aromatic carbocycles. The maximum absolute atomic E-state index is 12.4. The predicted molar refractivity (Wildman–Crippen MR) is 113 cm³/mol. The van der Waals surface area contributed by atoms with Gasteiger partial charge in [0.2, 0.25) is 5.91 Å². The van der Waals surface area contributed by atoms with Crippen LogP contribution < -0.4 is 4.90 Å². The van der Waals surface area contributed by atoms with Crippen LogP contribution in [0.1, 0.15) is 20.8 Å². The monoisotopic (exact) mass is 374 g/mol. The van der Waals surface area contributed by atoms with Crippen molar-refractivity contribution in [3.8, 4) is 11.3 Å². The van der Waals surface area contributed by atoms with Crippen molar-refractivity contribution in [2.45, 2.75) is 20.8 Å². The van der Waals surface area contributed by atoms with Gasteiger partial charge in [-0.2, -0.15) is 0 Å². The molecule has 0 N–H and O–H groups in total. The van der Waals surface area contributed by atoms with E-state index < -0.39 is 0 Å². The van der Waals surface area contributed by atoms with E-state index in [1.54, 1.807) is 0 Å². The lowest BCUT2D eigenvalue weighted by Crippen LogP contribution is -2.51. The maximum atomic E-state index is 12.4. The van der Waals surface area contributed by atoms with E-state index in [4.69, 9.17) is 0 Å². The van der Waals surface area contributed by atoms with Gasteiger partial charge in [-0.1, -0.05) is 57.2 Å². The number of hydrogen-bond donors (Lipinski definition) is 0. The third kappa shape index (κ3) is 3.70. The number of carbonyl (C=O) groups excluding carboxylic acids is 1. The highest BCUT2D eigenvalue weighted by molar-refractivity contribution is 5.86. The van der Waals surface area contributed by atoms with Gasteiger partial charge in [0, 0.05) is 37.2 Å². The Kier molecular flexibility index (Phi) is 4.75. The molecular formula is C23H26N4O. The van der Waals surface area contributed by atoms with Crippen LogP contribution >= 0.6 is 0 Å². The molecule has 0 radical (unpaired) electrons. The summed E-state index contributed by atoms with van der Waals surface area (Å²) in [5, 5.41) is 11.3. The van der Waals surface area contributed by atoms with Gasteiger partial charge in [-0.25, -0.2) is 0 Å². The molecule has 144 valence electrons. The van der Waals surface area contributed by atoms with Gasteiger partial charge in [-0.05, 0) is 29.0 Å². The van der Waals surface area contributed by atoms with Crippen LogP contribution in [0.5, 0.6) is 0 Å². The van der Waals surface area contributed by atoms with Crippen LogP contribution in [0, 0.1) is 5.41 Å². The van der Waals surface area contributed by atoms with Crippen LogP contribution in [0.3, 0.4) is 0 Å². The fraction of sp³-hybridized carbons (Fsp3) is 0.348. The van der Waals surface area contributed by atoms with Gasteiger partial charge in [0.25, 0.3) is 0 Å².